The molecule has 0 bridgehead atoms. The Hall–Kier alpha value is -2.33. The maximum absolute atomic E-state index is 6.06. The Morgan fingerprint density at radius 2 is 1.96 bits per heavy atom. The molecular weight excluding hydrogens is 310 g/mol. The molecule has 0 atom stereocenters. The van der Waals surface area contributed by atoms with E-state index in [0.717, 1.165) is 28.0 Å². The summed E-state index contributed by atoms with van der Waals surface area (Å²) in [4.78, 5) is 8.53. The van der Waals surface area contributed by atoms with Crippen molar-refractivity contribution >= 4 is 28.3 Å². The Bertz CT molecular complexity index is 836. The van der Waals surface area contributed by atoms with E-state index in [4.69, 9.17) is 16.3 Å². The topological polar surface area (TPSA) is 47.0 Å². The third kappa shape index (κ3) is 3.71. The molecule has 0 unspecified atom stereocenters. The highest BCUT2D eigenvalue weighted by Crippen LogP contribution is 2.23. The molecule has 4 nitrogen and oxygen atoms in total. The summed E-state index contributed by atoms with van der Waals surface area (Å²) < 4.78 is 5.84. The van der Waals surface area contributed by atoms with Gasteiger partial charge in [-0.2, -0.15) is 0 Å². The molecule has 118 valence electrons. The van der Waals surface area contributed by atoms with E-state index in [2.05, 4.69) is 40.4 Å². The molecule has 0 spiro atoms. The number of anilines is 1. The van der Waals surface area contributed by atoms with Gasteiger partial charge in [-0.25, -0.2) is 9.97 Å². The van der Waals surface area contributed by atoms with Crippen molar-refractivity contribution in [3.63, 3.8) is 0 Å². The van der Waals surface area contributed by atoms with Gasteiger partial charge in [0, 0.05) is 10.4 Å². The molecule has 23 heavy (non-hydrogen) atoms. The SMILES string of the molecule is Cc1ccc(C)c(OCCNc2ncnc3ccc(Cl)cc23)c1. The second-order valence-electron chi connectivity index (χ2n) is 5.43. The van der Waals surface area contributed by atoms with Gasteiger partial charge in [0.05, 0.1) is 12.1 Å². The van der Waals surface area contributed by atoms with E-state index in [1.54, 1.807) is 6.33 Å². The summed E-state index contributed by atoms with van der Waals surface area (Å²) in [5.41, 5.74) is 3.19. The molecule has 0 amide bonds. The summed E-state index contributed by atoms with van der Waals surface area (Å²) in [7, 11) is 0. The second-order valence-corrected chi connectivity index (χ2v) is 5.86. The number of hydrogen-bond acceptors (Lipinski definition) is 4. The molecule has 1 heterocycles. The lowest BCUT2D eigenvalue weighted by molar-refractivity contribution is 0.330. The Balaban J connectivity index is 1.65. The Labute approximate surface area is 140 Å². The highest BCUT2D eigenvalue weighted by atomic mass is 35.5. The smallest absolute Gasteiger partial charge is 0.137 e. The molecule has 0 saturated carbocycles. The Morgan fingerprint density at radius 1 is 1.09 bits per heavy atom. The van der Waals surface area contributed by atoms with Crippen LogP contribution in [0.25, 0.3) is 10.9 Å². The number of benzene rings is 2. The summed E-state index contributed by atoms with van der Waals surface area (Å²) in [5.74, 6) is 1.68. The van der Waals surface area contributed by atoms with E-state index in [1.165, 1.54) is 5.56 Å². The number of nitrogens with one attached hydrogen (secondary N) is 1. The summed E-state index contributed by atoms with van der Waals surface area (Å²) in [6.07, 6.45) is 1.55. The maximum Gasteiger partial charge on any atom is 0.137 e. The largest absolute Gasteiger partial charge is 0.491 e. The first-order valence-corrected chi connectivity index (χ1v) is 7.85. The minimum Gasteiger partial charge on any atom is -0.491 e. The van der Waals surface area contributed by atoms with Gasteiger partial charge in [0.1, 0.15) is 24.5 Å². The van der Waals surface area contributed by atoms with Crippen molar-refractivity contribution in [3.05, 3.63) is 58.9 Å². The molecule has 5 heteroatoms. The molecule has 3 rings (SSSR count). The maximum atomic E-state index is 6.06. The molecule has 0 aliphatic rings. The van der Waals surface area contributed by atoms with Gasteiger partial charge >= 0.3 is 0 Å². The van der Waals surface area contributed by atoms with Crippen molar-refractivity contribution < 1.29 is 4.74 Å². The third-order valence-electron chi connectivity index (χ3n) is 3.59. The molecule has 3 aromatic rings. The fraction of sp³-hybridized carbons (Fsp3) is 0.222. The van der Waals surface area contributed by atoms with Gasteiger partial charge in [-0.1, -0.05) is 23.7 Å². The average molecular weight is 328 g/mol. The van der Waals surface area contributed by atoms with E-state index in [1.807, 2.05) is 25.1 Å². The number of rotatable bonds is 5. The summed E-state index contributed by atoms with van der Waals surface area (Å²) in [6, 6.07) is 11.8. The molecule has 2 aromatic carbocycles. The zero-order valence-electron chi connectivity index (χ0n) is 13.1. The second kappa shape index (κ2) is 6.84. The molecule has 0 fully saturated rings. The fourth-order valence-electron chi connectivity index (χ4n) is 2.36. The van der Waals surface area contributed by atoms with Crippen LogP contribution in [0.2, 0.25) is 5.02 Å². The van der Waals surface area contributed by atoms with Crippen LogP contribution < -0.4 is 10.1 Å². The number of hydrogen-bond donors (Lipinski definition) is 1. The van der Waals surface area contributed by atoms with E-state index >= 15 is 0 Å². The molecule has 0 aliphatic heterocycles. The summed E-state index contributed by atoms with van der Waals surface area (Å²) in [5, 5.41) is 4.86. The van der Waals surface area contributed by atoms with Gasteiger partial charge in [0.2, 0.25) is 0 Å². The van der Waals surface area contributed by atoms with Crippen LogP contribution in [0.1, 0.15) is 11.1 Å². The highest BCUT2D eigenvalue weighted by Gasteiger charge is 2.04. The number of ether oxygens (including phenoxy) is 1. The van der Waals surface area contributed by atoms with Crippen LogP contribution in [0.5, 0.6) is 5.75 Å². The first-order valence-electron chi connectivity index (χ1n) is 7.48. The van der Waals surface area contributed by atoms with Gasteiger partial charge in [-0.3, -0.25) is 0 Å². The van der Waals surface area contributed by atoms with E-state index in [-0.39, 0.29) is 0 Å². The first kappa shape index (κ1) is 15.6. The fourth-order valence-corrected chi connectivity index (χ4v) is 2.54. The Kier molecular flexibility index (Phi) is 4.63. The predicted molar refractivity (Wildman–Crippen MR) is 94.4 cm³/mol. The van der Waals surface area contributed by atoms with Gasteiger partial charge in [-0.15, -0.1) is 0 Å². The summed E-state index contributed by atoms with van der Waals surface area (Å²) in [6.45, 7) is 5.30. The lowest BCUT2D eigenvalue weighted by atomic mass is 10.1. The Morgan fingerprint density at radius 3 is 2.83 bits per heavy atom. The van der Waals surface area contributed by atoms with Crippen molar-refractivity contribution in [2.24, 2.45) is 0 Å². The lowest BCUT2D eigenvalue weighted by Crippen LogP contribution is -2.13. The van der Waals surface area contributed by atoms with Gasteiger partial charge in [0.25, 0.3) is 0 Å². The van der Waals surface area contributed by atoms with Crippen molar-refractivity contribution in [3.8, 4) is 5.75 Å². The van der Waals surface area contributed by atoms with Crippen LogP contribution in [0.3, 0.4) is 0 Å². The van der Waals surface area contributed by atoms with Gasteiger partial charge in [0.15, 0.2) is 0 Å². The number of fused-ring (bicyclic) bond motifs is 1. The van der Waals surface area contributed by atoms with E-state index in [0.29, 0.717) is 18.2 Å². The van der Waals surface area contributed by atoms with Crippen LogP contribution in [-0.4, -0.2) is 23.1 Å². The number of nitrogens with zero attached hydrogens (tertiary/aromatic N) is 2. The molecule has 1 aromatic heterocycles. The minimum absolute atomic E-state index is 0.552. The van der Waals surface area contributed by atoms with E-state index < -0.39 is 0 Å². The zero-order chi connectivity index (χ0) is 16.2. The van der Waals surface area contributed by atoms with Crippen molar-refractivity contribution in [1.29, 1.82) is 0 Å². The quantitative estimate of drug-likeness (QED) is 0.706. The van der Waals surface area contributed by atoms with Crippen LogP contribution >= 0.6 is 11.6 Å². The van der Waals surface area contributed by atoms with Crippen LogP contribution in [0, 0.1) is 13.8 Å². The molecule has 0 saturated heterocycles. The van der Waals surface area contributed by atoms with Crippen molar-refractivity contribution in [1.82, 2.24) is 9.97 Å². The minimum atomic E-state index is 0.552. The van der Waals surface area contributed by atoms with Gasteiger partial charge < -0.3 is 10.1 Å². The zero-order valence-corrected chi connectivity index (χ0v) is 13.9. The van der Waals surface area contributed by atoms with Crippen LogP contribution in [0.15, 0.2) is 42.7 Å². The van der Waals surface area contributed by atoms with Gasteiger partial charge in [-0.05, 0) is 49.2 Å². The van der Waals surface area contributed by atoms with Crippen molar-refractivity contribution in [2.45, 2.75) is 13.8 Å². The average Bonchev–Trinajstić information content (AvgIpc) is 2.55. The van der Waals surface area contributed by atoms with Crippen LogP contribution in [-0.2, 0) is 0 Å². The molecular formula is C18H18ClN3O. The lowest BCUT2D eigenvalue weighted by Gasteiger charge is -2.12. The summed E-state index contributed by atoms with van der Waals surface area (Å²) >= 11 is 6.06. The number of halogens is 1. The number of aryl methyl sites for hydroxylation is 2. The first-order chi connectivity index (χ1) is 11.1. The predicted octanol–water partition coefficient (Wildman–Crippen LogP) is 4.39. The molecule has 1 N–H and O–H groups in total. The normalized spacial score (nSPS) is 10.7. The third-order valence-corrected chi connectivity index (χ3v) is 3.83. The van der Waals surface area contributed by atoms with E-state index in [9.17, 15) is 0 Å². The number of aromatic nitrogens is 2. The van der Waals surface area contributed by atoms with Crippen LogP contribution in [0.4, 0.5) is 5.82 Å². The highest BCUT2D eigenvalue weighted by molar-refractivity contribution is 6.31. The molecule has 0 radical (unpaired) electrons. The monoisotopic (exact) mass is 327 g/mol. The molecule has 0 aliphatic carbocycles. The van der Waals surface area contributed by atoms with Crippen molar-refractivity contribution in [2.75, 3.05) is 18.5 Å². The standard InChI is InChI=1S/C18H18ClN3O/c1-12-3-4-13(2)17(9-12)23-8-7-20-18-15-10-14(19)5-6-16(15)21-11-22-18/h3-6,9-11H,7-8H2,1-2H3,(H,20,21,22).